The van der Waals surface area contributed by atoms with Gasteiger partial charge in [-0.1, -0.05) is 19.3 Å². The van der Waals surface area contributed by atoms with Gasteiger partial charge in [-0.15, -0.1) is 0 Å². The molecule has 1 aliphatic carbocycles. The molecule has 6 heteroatoms. The minimum Gasteiger partial charge on any atom is -0.367 e. The molecule has 0 atom stereocenters. The second kappa shape index (κ2) is 6.28. The second-order valence-corrected chi connectivity index (χ2v) is 6.15. The molecule has 1 N–H and O–H groups in total. The molecular weight excluding hydrogens is 300 g/mol. The minimum absolute atomic E-state index is 0.494. The van der Waals surface area contributed by atoms with E-state index < -0.39 is 0 Å². The van der Waals surface area contributed by atoms with Crippen LogP contribution < -0.4 is 5.32 Å². The summed E-state index contributed by atoms with van der Waals surface area (Å²) in [4.78, 5) is 13.4. The predicted molar refractivity (Wildman–Crippen MR) is 91.4 cm³/mol. The first-order valence-corrected chi connectivity index (χ1v) is 8.31. The van der Waals surface area contributed by atoms with Crippen LogP contribution in [0.15, 0.2) is 36.8 Å². The summed E-state index contributed by atoms with van der Waals surface area (Å²) in [6.45, 7) is 0. The van der Waals surface area contributed by atoms with Crippen LogP contribution in [0.2, 0.25) is 0 Å². The van der Waals surface area contributed by atoms with Crippen LogP contribution in [0.1, 0.15) is 37.7 Å². The van der Waals surface area contributed by atoms with Crippen molar-refractivity contribution in [2.45, 2.75) is 38.1 Å². The number of imidazole rings is 1. The fourth-order valence-electron chi connectivity index (χ4n) is 3.23. The van der Waals surface area contributed by atoms with E-state index in [1.165, 1.54) is 32.1 Å². The van der Waals surface area contributed by atoms with Crippen molar-refractivity contribution in [1.29, 1.82) is 5.26 Å². The van der Waals surface area contributed by atoms with Crippen molar-refractivity contribution < 1.29 is 0 Å². The van der Waals surface area contributed by atoms with Crippen molar-refractivity contribution in [3.63, 3.8) is 0 Å². The summed E-state index contributed by atoms with van der Waals surface area (Å²) in [5, 5.41) is 12.6. The third-order valence-corrected chi connectivity index (χ3v) is 4.48. The minimum atomic E-state index is 0.494. The number of aromatic nitrogens is 4. The molecule has 0 aliphatic heterocycles. The Morgan fingerprint density at radius 3 is 2.83 bits per heavy atom. The Morgan fingerprint density at radius 2 is 2.00 bits per heavy atom. The average molecular weight is 318 g/mol. The fraction of sp³-hybridized carbons (Fsp3) is 0.333. The van der Waals surface area contributed by atoms with Crippen LogP contribution in [-0.4, -0.2) is 25.4 Å². The molecule has 0 saturated heterocycles. The van der Waals surface area contributed by atoms with Gasteiger partial charge >= 0.3 is 0 Å². The van der Waals surface area contributed by atoms with Gasteiger partial charge in [-0.3, -0.25) is 4.40 Å². The van der Waals surface area contributed by atoms with E-state index >= 15 is 0 Å². The predicted octanol–water partition coefficient (Wildman–Crippen LogP) is 3.41. The third-order valence-electron chi connectivity index (χ3n) is 4.48. The Morgan fingerprint density at radius 1 is 1.12 bits per heavy atom. The molecule has 6 nitrogen and oxygen atoms in total. The van der Waals surface area contributed by atoms with Crippen molar-refractivity contribution in [2.75, 3.05) is 5.32 Å². The molecule has 0 aromatic carbocycles. The molecule has 3 heterocycles. The van der Waals surface area contributed by atoms with Gasteiger partial charge in [0, 0.05) is 18.4 Å². The lowest BCUT2D eigenvalue weighted by molar-refractivity contribution is 0.462. The Kier molecular flexibility index (Phi) is 3.83. The van der Waals surface area contributed by atoms with Crippen LogP contribution in [0.4, 0.5) is 5.82 Å². The first-order chi connectivity index (χ1) is 11.8. The Labute approximate surface area is 140 Å². The molecule has 1 aliphatic rings. The highest BCUT2D eigenvalue weighted by Crippen LogP contribution is 2.23. The third kappa shape index (κ3) is 2.81. The zero-order chi connectivity index (χ0) is 16.4. The average Bonchev–Trinajstić information content (AvgIpc) is 3.06. The lowest BCUT2D eigenvalue weighted by Gasteiger charge is -2.23. The molecule has 3 aromatic rings. The first-order valence-electron chi connectivity index (χ1n) is 8.31. The van der Waals surface area contributed by atoms with Crippen LogP contribution in [0.3, 0.4) is 0 Å². The van der Waals surface area contributed by atoms with Crippen molar-refractivity contribution in [1.82, 2.24) is 19.4 Å². The molecule has 24 heavy (non-hydrogen) atoms. The lowest BCUT2D eigenvalue weighted by Crippen LogP contribution is -2.22. The first kappa shape index (κ1) is 14.6. The molecule has 120 valence electrons. The summed E-state index contributed by atoms with van der Waals surface area (Å²) in [5.74, 6) is 1.46. The van der Waals surface area contributed by atoms with Gasteiger partial charge in [0.1, 0.15) is 23.2 Å². The lowest BCUT2D eigenvalue weighted by atomic mass is 9.95. The number of nitrogens with zero attached hydrogens (tertiary/aromatic N) is 5. The van der Waals surface area contributed by atoms with E-state index in [-0.39, 0.29) is 0 Å². The Bertz CT molecular complexity index is 901. The normalized spacial score (nSPS) is 15.3. The van der Waals surface area contributed by atoms with E-state index in [1.54, 1.807) is 24.7 Å². The van der Waals surface area contributed by atoms with Crippen molar-refractivity contribution in [3.8, 4) is 17.6 Å². The maximum Gasteiger partial charge on any atom is 0.180 e. The highest BCUT2D eigenvalue weighted by Gasteiger charge is 2.15. The van der Waals surface area contributed by atoms with Crippen LogP contribution in [0.5, 0.6) is 0 Å². The largest absolute Gasteiger partial charge is 0.367 e. The number of anilines is 1. The van der Waals surface area contributed by atoms with Crippen LogP contribution >= 0.6 is 0 Å². The summed E-state index contributed by atoms with van der Waals surface area (Å²) >= 11 is 0. The summed E-state index contributed by atoms with van der Waals surface area (Å²) < 4.78 is 1.86. The Balaban J connectivity index is 1.67. The maximum atomic E-state index is 9.10. The second-order valence-electron chi connectivity index (χ2n) is 6.15. The smallest absolute Gasteiger partial charge is 0.180 e. The number of hydrogen-bond donors (Lipinski definition) is 1. The molecule has 0 radical (unpaired) electrons. The van der Waals surface area contributed by atoms with Gasteiger partial charge in [0.25, 0.3) is 0 Å². The SMILES string of the molecule is N#Cc1ccc2ncc(-c3nccc(NC4CCCCC4)n3)n2c1. The van der Waals surface area contributed by atoms with Crippen LogP contribution in [0, 0.1) is 11.3 Å². The molecule has 4 rings (SSSR count). The van der Waals surface area contributed by atoms with E-state index in [2.05, 4.69) is 26.3 Å². The molecule has 0 unspecified atom stereocenters. The van der Waals surface area contributed by atoms with Gasteiger partial charge in [0.05, 0.1) is 11.8 Å². The maximum absolute atomic E-state index is 9.10. The molecule has 1 saturated carbocycles. The molecule has 3 aromatic heterocycles. The van der Waals surface area contributed by atoms with Crippen LogP contribution in [0.25, 0.3) is 17.2 Å². The molecule has 0 spiro atoms. The topological polar surface area (TPSA) is 78.9 Å². The number of pyridine rings is 1. The molecule has 0 amide bonds. The van der Waals surface area contributed by atoms with Crippen molar-refractivity contribution in [2.24, 2.45) is 0 Å². The summed E-state index contributed by atoms with van der Waals surface area (Å²) in [6.07, 6.45) is 11.6. The molecule has 1 fully saturated rings. The zero-order valence-corrected chi connectivity index (χ0v) is 13.3. The van der Waals surface area contributed by atoms with Crippen LogP contribution in [-0.2, 0) is 0 Å². The number of rotatable bonds is 3. The van der Waals surface area contributed by atoms with E-state index in [9.17, 15) is 0 Å². The number of nitriles is 1. The monoisotopic (exact) mass is 318 g/mol. The zero-order valence-electron chi connectivity index (χ0n) is 13.3. The highest BCUT2D eigenvalue weighted by molar-refractivity contribution is 5.59. The summed E-state index contributed by atoms with van der Waals surface area (Å²) in [7, 11) is 0. The fourth-order valence-corrected chi connectivity index (χ4v) is 3.23. The number of nitrogens with one attached hydrogen (secondary N) is 1. The molecule has 0 bridgehead atoms. The van der Waals surface area contributed by atoms with E-state index in [0.29, 0.717) is 17.4 Å². The standard InChI is InChI=1S/C18H18N6/c19-10-13-6-7-17-21-11-15(24(17)12-13)18-20-9-8-16(23-18)22-14-4-2-1-3-5-14/h6-9,11-12,14H,1-5H2,(H,20,22,23). The summed E-state index contributed by atoms with van der Waals surface area (Å²) in [6, 6.07) is 8.13. The quantitative estimate of drug-likeness (QED) is 0.800. The van der Waals surface area contributed by atoms with Gasteiger partial charge in [0.2, 0.25) is 0 Å². The van der Waals surface area contributed by atoms with Crippen molar-refractivity contribution in [3.05, 3.63) is 42.4 Å². The van der Waals surface area contributed by atoms with Gasteiger partial charge in [-0.25, -0.2) is 15.0 Å². The van der Waals surface area contributed by atoms with E-state index in [4.69, 9.17) is 5.26 Å². The van der Waals surface area contributed by atoms with Gasteiger partial charge < -0.3 is 5.32 Å². The van der Waals surface area contributed by atoms with Gasteiger partial charge in [-0.2, -0.15) is 5.26 Å². The number of hydrogen-bond acceptors (Lipinski definition) is 5. The van der Waals surface area contributed by atoms with E-state index in [1.807, 2.05) is 16.5 Å². The van der Waals surface area contributed by atoms with Gasteiger partial charge in [0.15, 0.2) is 5.82 Å². The van der Waals surface area contributed by atoms with Crippen molar-refractivity contribution >= 4 is 11.5 Å². The highest BCUT2D eigenvalue weighted by atomic mass is 15.1. The number of fused-ring (bicyclic) bond motifs is 1. The Hall–Kier alpha value is -2.94. The molecular formula is C18H18N6. The van der Waals surface area contributed by atoms with Gasteiger partial charge in [-0.05, 0) is 31.0 Å². The van der Waals surface area contributed by atoms with E-state index in [0.717, 1.165) is 17.2 Å². The summed E-state index contributed by atoms with van der Waals surface area (Å²) in [5.41, 5.74) is 2.14.